The number of carboxylic acid groups (broad SMARTS) is 1. The third kappa shape index (κ3) is 2.68. The first kappa shape index (κ1) is 11.0. The number of aromatic carboxylic acids is 1. The third-order valence-electron chi connectivity index (χ3n) is 1.62. The highest BCUT2D eigenvalue weighted by Crippen LogP contribution is 2.19. The van der Waals surface area contributed by atoms with Crippen molar-refractivity contribution >= 4 is 5.97 Å². The zero-order valence-corrected chi connectivity index (χ0v) is 8.39. The minimum atomic E-state index is -1.13. The van der Waals surface area contributed by atoms with Crippen LogP contribution in [0.15, 0.2) is 18.3 Å². The summed E-state index contributed by atoms with van der Waals surface area (Å²) in [5.74, 6) is -1.18. The Kier molecular flexibility index (Phi) is 2.90. The molecule has 5 heteroatoms. The summed E-state index contributed by atoms with van der Waals surface area (Å²) in [6, 6.07) is 4.77. The van der Waals surface area contributed by atoms with E-state index in [0.717, 1.165) is 0 Å². The van der Waals surface area contributed by atoms with Crippen LogP contribution in [0, 0.1) is 11.3 Å². The normalized spacial score (nSPS) is 10.5. The van der Waals surface area contributed by atoms with Crippen LogP contribution in [0.3, 0.4) is 0 Å². The van der Waals surface area contributed by atoms with Crippen molar-refractivity contribution in [1.82, 2.24) is 4.98 Å². The van der Waals surface area contributed by atoms with Gasteiger partial charge in [0.15, 0.2) is 5.60 Å². The molecule has 0 saturated carbocycles. The first-order valence-corrected chi connectivity index (χ1v) is 4.25. The highest BCUT2D eigenvalue weighted by Gasteiger charge is 2.22. The van der Waals surface area contributed by atoms with E-state index in [0.29, 0.717) is 0 Å². The molecule has 0 bridgehead atoms. The van der Waals surface area contributed by atoms with Gasteiger partial charge in [-0.05, 0) is 26.0 Å². The zero-order chi connectivity index (χ0) is 11.5. The van der Waals surface area contributed by atoms with Gasteiger partial charge in [-0.3, -0.25) is 0 Å². The predicted molar refractivity (Wildman–Crippen MR) is 51.5 cm³/mol. The molecule has 1 rings (SSSR count). The molecule has 1 aromatic heterocycles. The van der Waals surface area contributed by atoms with E-state index in [2.05, 4.69) is 4.98 Å². The fraction of sp³-hybridized carbons (Fsp3) is 0.300. The van der Waals surface area contributed by atoms with E-state index in [9.17, 15) is 4.79 Å². The van der Waals surface area contributed by atoms with E-state index in [1.165, 1.54) is 32.2 Å². The minimum Gasteiger partial charge on any atom is -0.477 e. The van der Waals surface area contributed by atoms with Crippen LogP contribution in [0.1, 0.15) is 24.2 Å². The molecule has 15 heavy (non-hydrogen) atoms. The second-order valence-electron chi connectivity index (χ2n) is 3.39. The molecule has 0 aliphatic heterocycles. The molecule has 0 radical (unpaired) electrons. The van der Waals surface area contributed by atoms with Crippen LogP contribution in [0.2, 0.25) is 0 Å². The van der Waals surface area contributed by atoms with Crippen LogP contribution >= 0.6 is 0 Å². The van der Waals surface area contributed by atoms with E-state index in [-0.39, 0.29) is 11.4 Å². The molecule has 0 saturated heterocycles. The summed E-state index contributed by atoms with van der Waals surface area (Å²) >= 11 is 0. The number of ether oxygens (including phenoxy) is 1. The molecule has 0 amide bonds. The Morgan fingerprint density at radius 2 is 2.33 bits per heavy atom. The van der Waals surface area contributed by atoms with Gasteiger partial charge in [-0.2, -0.15) is 5.26 Å². The SMILES string of the molecule is CC(C)(C#N)Oc1ncccc1C(=O)O. The standard InChI is InChI=1S/C10H10N2O3/c1-10(2,6-11)15-8-7(9(13)14)4-3-5-12-8/h3-5H,1-2H3,(H,13,14). The Morgan fingerprint density at radius 1 is 1.67 bits per heavy atom. The van der Waals surface area contributed by atoms with Crippen molar-refractivity contribution in [3.8, 4) is 11.9 Å². The molecule has 0 aliphatic rings. The Balaban J connectivity index is 3.06. The number of nitrogens with zero attached hydrogens (tertiary/aromatic N) is 2. The van der Waals surface area contributed by atoms with Crippen LogP contribution in [-0.2, 0) is 0 Å². The van der Waals surface area contributed by atoms with Gasteiger partial charge in [0.1, 0.15) is 11.6 Å². The highest BCUT2D eigenvalue weighted by molar-refractivity contribution is 5.90. The van der Waals surface area contributed by atoms with Crippen molar-refractivity contribution in [2.75, 3.05) is 0 Å². The van der Waals surface area contributed by atoms with E-state index in [1.807, 2.05) is 6.07 Å². The van der Waals surface area contributed by atoms with Gasteiger partial charge < -0.3 is 9.84 Å². The maximum atomic E-state index is 10.8. The molecule has 0 atom stereocenters. The zero-order valence-electron chi connectivity index (χ0n) is 8.39. The van der Waals surface area contributed by atoms with Crippen LogP contribution < -0.4 is 4.74 Å². The number of rotatable bonds is 3. The van der Waals surface area contributed by atoms with Gasteiger partial charge in [0.25, 0.3) is 0 Å². The van der Waals surface area contributed by atoms with Crippen molar-refractivity contribution in [3.63, 3.8) is 0 Å². The smallest absolute Gasteiger partial charge is 0.341 e. The lowest BCUT2D eigenvalue weighted by Gasteiger charge is -2.18. The second kappa shape index (κ2) is 3.96. The number of carbonyl (C=O) groups is 1. The number of nitriles is 1. The van der Waals surface area contributed by atoms with Gasteiger partial charge in [-0.1, -0.05) is 0 Å². The first-order valence-electron chi connectivity index (χ1n) is 4.25. The summed E-state index contributed by atoms with van der Waals surface area (Å²) in [6.07, 6.45) is 1.41. The summed E-state index contributed by atoms with van der Waals surface area (Å²) in [5, 5.41) is 17.6. The quantitative estimate of drug-likeness (QED) is 0.809. The average Bonchev–Trinajstić information content (AvgIpc) is 2.18. The van der Waals surface area contributed by atoms with E-state index in [4.69, 9.17) is 15.1 Å². The number of carboxylic acids is 1. The number of hydrogen-bond donors (Lipinski definition) is 1. The summed E-state index contributed by atoms with van der Waals surface area (Å²) in [6.45, 7) is 3.07. The molecular weight excluding hydrogens is 196 g/mol. The first-order chi connectivity index (χ1) is 6.96. The van der Waals surface area contributed by atoms with Crippen molar-refractivity contribution in [2.45, 2.75) is 19.4 Å². The summed E-state index contributed by atoms with van der Waals surface area (Å²) < 4.78 is 5.19. The molecule has 0 unspecified atom stereocenters. The Bertz CT molecular complexity index is 421. The van der Waals surface area contributed by atoms with Gasteiger partial charge in [0.2, 0.25) is 5.88 Å². The molecule has 0 aromatic carbocycles. The van der Waals surface area contributed by atoms with Crippen LogP contribution in [0.25, 0.3) is 0 Å². The fourth-order valence-electron chi connectivity index (χ4n) is 0.899. The van der Waals surface area contributed by atoms with Crippen LogP contribution in [0.4, 0.5) is 0 Å². The second-order valence-corrected chi connectivity index (χ2v) is 3.39. The lowest BCUT2D eigenvalue weighted by atomic mass is 10.2. The molecule has 5 nitrogen and oxygen atoms in total. The Labute approximate surface area is 86.9 Å². The number of hydrogen-bond acceptors (Lipinski definition) is 4. The molecular formula is C10H10N2O3. The predicted octanol–water partition coefficient (Wildman–Crippen LogP) is 1.46. The van der Waals surface area contributed by atoms with Crippen LogP contribution in [0.5, 0.6) is 5.88 Å². The van der Waals surface area contributed by atoms with Gasteiger partial charge in [-0.15, -0.1) is 0 Å². The van der Waals surface area contributed by atoms with E-state index in [1.54, 1.807) is 0 Å². The molecule has 0 fully saturated rings. The minimum absolute atomic E-state index is 0.0449. The van der Waals surface area contributed by atoms with Crippen molar-refractivity contribution < 1.29 is 14.6 Å². The van der Waals surface area contributed by atoms with Crippen molar-refractivity contribution in [1.29, 1.82) is 5.26 Å². The molecule has 78 valence electrons. The highest BCUT2D eigenvalue weighted by atomic mass is 16.5. The van der Waals surface area contributed by atoms with E-state index >= 15 is 0 Å². The Morgan fingerprint density at radius 3 is 2.87 bits per heavy atom. The van der Waals surface area contributed by atoms with Gasteiger partial charge in [0.05, 0.1) is 0 Å². The molecule has 1 aromatic rings. The summed E-state index contributed by atoms with van der Waals surface area (Å²) in [5.41, 5.74) is -1.15. The third-order valence-corrected chi connectivity index (χ3v) is 1.62. The Hall–Kier alpha value is -2.09. The van der Waals surface area contributed by atoms with Crippen molar-refractivity contribution in [3.05, 3.63) is 23.9 Å². The molecule has 1 N–H and O–H groups in total. The largest absolute Gasteiger partial charge is 0.477 e. The topological polar surface area (TPSA) is 83.2 Å². The maximum absolute atomic E-state index is 10.8. The average molecular weight is 206 g/mol. The fourth-order valence-corrected chi connectivity index (χ4v) is 0.899. The number of pyridine rings is 1. The van der Waals surface area contributed by atoms with Crippen molar-refractivity contribution in [2.24, 2.45) is 0 Å². The van der Waals surface area contributed by atoms with Gasteiger partial charge in [0, 0.05) is 6.20 Å². The van der Waals surface area contributed by atoms with Gasteiger partial charge >= 0.3 is 5.97 Å². The van der Waals surface area contributed by atoms with Crippen LogP contribution in [-0.4, -0.2) is 21.7 Å². The lowest BCUT2D eigenvalue weighted by Crippen LogP contribution is -2.27. The summed E-state index contributed by atoms with van der Waals surface area (Å²) in [4.78, 5) is 14.6. The monoisotopic (exact) mass is 206 g/mol. The maximum Gasteiger partial charge on any atom is 0.341 e. The molecule has 0 spiro atoms. The lowest BCUT2D eigenvalue weighted by molar-refractivity contribution is 0.0684. The van der Waals surface area contributed by atoms with E-state index < -0.39 is 11.6 Å². The summed E-state index contributed by atoms with van der Waals surface area (Å²) in [7, 11) is 0. The number of aromatic nitrogens is 1. The molecule has 1 heterocycles. The van der Waals surface area contributed by atoms with Gasteiger partial charge in [-0.25, -0.2) is 9.78 Å². The molecule has 0 aliphatic carbocycles.